The van der Waals surface area contributed by atoms with Crippen molar-refractivity contribution in [1.82, 2.24) is 4.98 Å². The number of nitrogens with zero attached hydrogens (tertiary/aromatic N) is 1. The summed E-state index contributed by atoms with van der Waals surface area (Å²) >= 11 is 8.53. The molecule has 0 spiro atoms. The van der Waals surface area contributed by atoms with Gasteiger partial charge in [0.25, 0.3) is 0 Å². The van der Waals surface area contributed by atoms with Crippen molar-refractivity contribution in [2.45, 2.75) is 0 Å². The molecule has 1 aromatic rings. The molecule has 0 aromatic carbocycles. The van der Waals surface area contributed by atoms with Crippen LogP contribution < -0.4 is 0 Å². The van der Waals surface area contributed by atoms with Gasteiger partial charge < -0.3 is 0 Å². The molecule has 1 heterocycles. The molecule has 0 saturated heterocycles. The minimum Gasteiger partial charge on any atom is -0.265 e. The minimum atomic E-state index is 0. The Bertz CT molecular complexity index is 103. The maximum absolute atomic E-state index is 4.26. The Morgan fingerprint density at radius 3 is 1.50 bits per heavy atom. The molecule has 0 unspecified atom stereocenters. The Kier molecular flexibility index (Phi) is 15.3. The second kappa shape index (κ2) is 11.9. The molecule has 0 radical (unpaired) electrons. The van der Waals surface area contributed by atoms with Gasteiger partial charge in [0.15, 0.2) is 0 Å². The molecule has 0 atom stereocenters. The fourth-order valence-electron chi connectivity index (χ4n) is 0.313. The van der Waals surface area contributed by atoms with Gasteiger partial charge >= 0.3 is 17.1 Å². The molecule has 1 aromatic heterocycles. The summed E-state index contributed by atoms with van der Waals surface area (Å²) in [6.07, 6.45) is 3.50. The summed E-state index contributed by atoms with van der Waals surface area (Å²) in [7, 11) is 0. The first-order chi connectivity index (χ1) is 4.41. The monoisotopic (exact) mass is 247 g/mol. The van der Waals surface area contributed by atoms with E-state index in [0.717, 1.165) is 0 Å². The van der Waals surface area contributed by atoms with Gasteiger partial charge in [-0.25, -0.2) is 0 Å². The van der Waals surface area contributed by atoms with Gasteiger partial charge in [-0.05, 0) is 12.1 Å². The third kappa shape index (κ3) is 11.1. The maximum Gasteiger partial charge on any atom is 0.0267 e. The zero-order chi connectivity index (χ0) is 6.95. The van der Waals surface area contributed by atoms with Gasteiger partial charge in [-0.15, -0.1) is 0 Å². The zero-order valence-corrected chi connectivity index (χ0v) is 8.61. The van der Waals surface area contributed by atoms with Crippen molar-refractivity contribution >= 4 is 40.8 Å². The van der Waals surface area contributed by atoms with Gasteiger partial charge in [-0.1, -0.05) is 6.07 Å². The van der Waals surface area contributed by atoms with Crippen molar-refractivity contribution in [3.05, 3.63) is 30.6 Å². The van der Waals surface area contributed by atoms with Crippen LogP contribution in [0, 0.1) is 0 Å². The Morgan fingerprint density at radius 1 is 1.00 bits per heavy atom. The van der Waals surface area contributed by atoms with Gasteiger partial charge in [0.2, 0.25) is 0 Å². The van der Waals surface area contributed by atoms with E-state index in [-0.39, 0.29) is 17.1 Å². The molecule has 0 aliphatic carbocycles. The van der Waals surface area contributed by atoms with Crippen LogP contribution in [0.1, 0.15) is 0 Å². The molecule has 0 aliphatic rings. The molecular formula is C5H7Cl2NOSe. The average molecular weight is 247 g/mol. The minimum absolute atomic E-state index is 0. The summed E-state index contributed by atoms with van der Waals surface area (Å²) in [6.45, 7) is 0. The molecule has 0 aliphatic heterocycles. The van der Waals surface area contributed by atoms with Gasteiger partial charge in [0.05, 0.1) is 23.7 Å². The first-order valence-corrected chi connectivity index (χ1v) is 2.78. The largest absolute Gasteiger partial charge is 0.265 e. The van der Waals surface area contributed by atoms with E-state index < -0.39 is 0 Å². The van der Waals surface area contributed by atoms with Crippen molar-refractivity contribution in [2.75, 3.05) is 0 Å². The van der Waals surface area contributed by atoms with Crippen LogP contribution in [0.4, 0.5) is 0 Å². The Morgan fingerprint density at radius 2 is 1.40 bits per heavy atom. The molecule has 1 rings (SSSR count). The van der Waals surface area contributed by atoms with Crippen LogP contribution in [0.25, 0.3) is 0 Å². The molecule has 0 N–H and O–H groups in total. The van der Waals surface area contributed by atoms with Crippen LogP contribution in [0.15, 0.2) is 30.6 Å². The molecule has 0 saturated carbocycles. The van der Waals surface area contributed by atoms with E-state index in [9.17, 15) is 0 Å². The van der Waals surface area contributed by atoms with E-state index >= 15 is 0 Å². The van der Waals surface area contributed by atoms with Gasteiger partial charge in [0.1, 0.15) is 0 Å². The van der Waals surface area contributed by atoms with Crippen LogP contribution in [0.5, 0.6) is 0 Å². The Hall–Kier alpha value is 0.209. The second-order valence-corrected chi connectivity index (χ2v) is 1.55. The number of halogens is 2. The number of pyridine rings is 1. The van der Waals surface area contributed by atoms with Gasteiger partial charge in [-0.3, -0.25) is 4.98 Å². The van der Waals surface area contributed by atoms with Gasteiger partial charge in [-0.2, -0.15) is 3.84 Å². The fourth-order valence-corrected chi connectivity index (χ4v) is 0.313. The molecule has 0 amide bonds. The molecule has 10 heavy (non-hydrogen) atoms. The maximum atomic E-state index is 4.26. The summed E-state index contributed by atoms with van der Waals surface area (Å²) < 4.78 is 3.19. The van der Waals surface area contributed by atoms with E-state index in [4.69, 9.17) is 0 Å². The van der Waals surface area contributed by atoms with E-state index in [2.05, 4.69) is 32.6 Å². The Balaban J connectivity index is 0. The zero-order valence-electron chi connectivity index (χ0n) is 5.00. The average Bonchev–Trinajstić information content (AvgIpc) is 1.93. The summed E-state index contributed by atoms with van der Waals surface area (Å²) in [5.74, 6) is 0. The standard InChI is InChI=1S/C5H5N.Cl2O.H2Se/c1-2-4-6-5-3-1;1-3-2;/h1-5H;;1H2. The van der Waals surface area contributed by atoms with E-state index in [1.54, 1.807) is 12.4 Å². The Labute approximate surface area is 80.3 Å². The topological polar surface area (TPSA) is 22.1 Å². The van der Waals surface area contributed by atoms with Crippen LogP contribution in [-0.2, 0) is 3.84 Å². The molecule has 58 valence electrons. The summed E-state index contributed by atoms with van der Waals surface area (Å²) in [5.41, 5.74) is 0. The van der Waals surface area contributed by atoms with Crippen LogP contribution in [-0.4, -0.2) is 22.1 Å². The van der Waals surface area contributed by atoms with Crippen LogP contribution in [0.3, 0.4) is 0 Å². The van der Waals surface area contributed by atoms with Crippen molar-refractivity contribution in [2.24, 2.45) is 0 Å². The third-order valence-corrected chi connectivity index (χ3v) is 0.566. The van der Waals surface area contributed by atoms with E-state index in [1.807, 2.05) is 18.2 Å². The predicted molar refractivity (Wildman–Crippen MR) is 45.6 cm³/mol. The normalized spacial score (nSPS) is 6.60. The number of aromatic nitrogens is 1. The summed E-state index contributed by atoms with van der Waals surface area (Å²) in [4.78, 5) is 3.78. The molecule has 0 fully saturated rings. The predicted octanol–water partition coefficient (Wildman–Crippen LogP) is 1.48. The van der Waals surface area contributed by atoms with E-state index in [0.29, 0.717) is 0 Å². The summed E-state index contributed by atoms with van der Waals surface area (Å²) in [6, 6.07) is 5.72. The quantitative estimate of drug-likeness (QED) is 0.647. The van der Waals surface area contributed by atoms with Crippen molar-refractivity contribution in [3.8, 4) is 0 Å². The smallest absolute Gasteiger partial charge is 0.0267 e. The first-order valence-electron chi connectivity index (χ1n) is 2.16. The molecular weight excluding hydrogens is 240 g/mol. The summed E-state index contributed by atoms with van der Waals surface area (Å²) in [5, 5.41) is 0. The SMILES string of the molecule is ClOCl.[SeH2].c1ccncc1. The first kappa shape index (κ1) is 12.8. The van der Waals surface area contributed by atoms with Crippen molar-refractivity contribution in [3.63, 3.8) is 0 Å². The van der Waals surface area contributed by atoms with E-state index in [1.165, 1.54) is 0 Å². The fraction of sp³-hybridized carbons (Fsp3) is 0. The molecule has 5 heteroatoms. The number of rotatable bonds is 0. The number of hydrogen-bond acceptors (Lipinski definition) is 2. The second-order valence-electron chi connectivity index (χ2n) is 1.08. The van der Waals surface area contributed by atoms with Gasteiger partial charge in [0, 0.05) is 12.4 Å². The third-order valence-electron chi connectivity index (χ3n) is 0.566. The number of hydrogen-bond donors (Lipinski definition) is 0. The molecule has 2 nitrogen and oxygen atoms in total. The molecule has 0 bridgehead atoms. The van der Waals surface area contributed by atoms with Crippen LogP contribution >= 0.6 is 23.7 Å². The van der Waals surface area contributed by atoms with Crippen LogP contribution in [0.2, 0.25) is 0 Å². The van der Waals surface area contributed by atoms with Crippen molar-refractivity contribution in [1.29, 1.82) is 0 Å². The van der Waals surface area contributed by atoms with Crippen molar-refractivity contribution < 1.29 is 3.84 Å².